The molecule has 2 aromatic rings. The molecule has 0 aliphatic carbocycles. The highest BCUT2D eigenvalue weighted by Gasteiger charge is 2.46. The van der Waals surface area contributed by atoms with Gasteiger partial charge in [0, 0.05) is 11.6 Å². The number of rotatable bonds is 6. The first kappa shape index (κ1) is 27.6. The molecule has 2 aromatic carbocycles. The van der Waals surface area contributed by atoms with Crippen molar-refractivity contribution in [2.24, 2.45) is 0 Å². The van der Waals surface area contributed by atoms with E-state index in [-0.39, 0.29) is 34.6 Å². The Morgan fingerprint density at radius 1 is 1.00 bits per heavy atom. The summed E-state index contributed by atoms with van der Waals surface area (Å²) in [6.45, 7) is 2.94. The van der Waals surface area contributed by atoms with E-state index in [2.05, 4.69) is 0 Å². The van der Waals surface area contributed by atoms with Crippen molar-refractivity contribution in [2.45, 2.75) is 63.2 Å². The van der Waals surface area contributed by atoms with Gasteiger partial charge in [0.2, 0.25) is 12.1 Å². The van der Waals surface area contributed by atoms with Gasteiger partial charge in [0.25, 0.3) is 0 Å². The average Bonchev–Trinajstić information content (AvgIpc) is 2.87. The van der Waals surface area contributed by atoms with Gasteiger partial charge >= 0.3 is 0 Å². The third-order valence-corrected chi connectivity index (χ3v) is 6.52. The van der Waals surface area contributed by atoms with Crippen LogP contribution in [-0.4, -0.2) is 90.1 Å². The normalized spacial score (nSPS) is 28.8. The SMILES string of the molecule is CC(C)=CCc1c(O[C@@H]2O[C@H](CO)[C@@H](O)[C@H](O)[C@H]2O)cc2c(c1O)C(=O)[C@H](O)[C@@H](c1ccc(O)c(O)c1)O2. The van der Waals surface area contributed by atoms with E-state index < -0.39 is 72.6 Å². The molecule has 12 nitrogen and oxygen atoms in total. The van der Waals surface area contributed by atoms with Crippen LogP contribution in [0, 0.1) is 0 Å². The number of hydrogen-bond acceptors (Lipinski definition) is 12. The molecule has 2 aliphatic rings. The summed E-state index contributed by atoms with van der Waals surface area (Å²) < 4.78 is 17.1. The molecule has 7 atom stereocenters. The van der Waals surface area contributed by atoms with Crippen LogP contribution in [-0.2, 0) is 11.2 Å². The zero-order valence-corrected chi connectivity index (χ0v) is 20.6. The van der Waals surface area contributed by atoms with Gasteiger partial charge in [0.1, 0.15) is 47.2 Å². The Hall–Kier alpha value is -3.39. The van der Waals surface area contributed by atoms with Crippen LogP contribution in [0.5, 0.6) is 28.7 Å². The Balaban J connectivity index is 1.78. The van der Waals surface area contributed by atoms with E-state index >= 15 is 0 Å². The maximum Gasteiger partial charge on any atom is 0.229 e. The van der Waals surface area contributed by atoms with E-state index in [1.54, 1.807) is 6.08 Å². The molecule has 0 radical (unpaired) electrons. The summed E-state index contributed by atoms with van der Waals surface area (Å²) in [7, 11) is 0. The van der Waals surface area contributed by atoms with Gasteiger partial charge in [-0.3, -0.25) is 4.79 Å². The number of phenolic OH excluding ortho intramolecular Hbond substituents is 3. The Labute approximate surface area is 217 Å². The van der Waals surface area contributed by atoms with Gasteiger partial charge in [-0.2, -0.15) is 0 Å². The Bertz CT molecular complexity index is 1240. The molecule has 1 fully saturated rings. The second-order valence-electron chi connectivity index (χ2n) is 9.47. The van der Waals surface area contributed by atoms with Gasteiger partial charge in [-0.1, -0.05) is 17.7 Å². The largest absolute Gasteiger partial charge is 0.507 e. The number of ketones is 1. The molecule has 0 unspecified atom stereocenters. The van der Waals surface area contributed by atoms with Crippen LogP contribution in [0.15, 0.2) is 35.9 Å². The van der Waals surface area contributed by atoms with Crippen LogP contribution < -0.4 is 9.47 Å². The van der Waals surface area contributed by atoms with Crippen LogP contribution in [0.2, 0.25) is 0 Å². The van der Waals surface area contributed by atoms with Crippen molar-refractivity contribution in [1.29, 1.82) is 0 Å². The zero-order chi connectivity index (χ0) is 27.9. The fourth-order valence-electron chi connectivity index (χ4n) is 4.35. The minimum Gasteiger partial charge on any atom is -0.507 e. The number of ether oxygens (including phenoxy) is 3. The number of carbonyl (C=O) groups is 1. The van der Waals surface area contributed by atoms with E-state index in [0.717, 1.165) is 17.7 Å². The van der Waals surface area contributed by atoms with Gasteiger partial charge in [-0.25, -0.2) is 0 Å². The highest BCUT2D eigenvalue weighted by molar-refractivity contribution is 6.06. The summed E-state index contributed by atoms with van der Waals surface area (Å²) in [6, 6.07) is 4.88. The number of phenols is 3. The molecular formula is C26H30O12. The molecule has 2 heterocycles. The van der Waals surface area contributed by atoms with Crippen molar-refractivity contribution in [3.8, 4) is 28.7 Å². The predicted octanol–water partition coefficient (Wildman–Crippen LogP) is 0.168. The number of Topliss-reactive ketones (excluding diaryl/α,β-unsaturated/α-hetero) is 1. The Kier molecular flexibility index (Phi) is 7.83. The highest BCUT2D eigenvalue weighted by atomic mass is 16.7. The number of aliphatic hydroxyl groups excluding tert-OH is 5. The zero-order valence-electron chi connectivity index (χ0n) is 20.6. The van der Waals surface area contributed by atoms with Crippen LogP contribution in [0.3, 0.4) is 0 Å². The minimum absolute atomic E-state index is 0.0623. The number of benzene rings is 2. The molecule has 0 bridgehead atoms. The van der Waals surface area contributed by atoms with Crippen LogP contribution in [0.25, 0.3) is 0 Å². The quantitative estimate of drug-likeness (QED) is 0.184. The molecule has 12 heteroatoms. The number of aromatic hydroxyl groups is 3. The van der Waals surface area contributed by atoms with Gasteiger partial charge in [-0.15, -0.1) is 0 Å². The predicted molar refractivity (Wildman–Crippen MR) is 129 cm³/mol. The smallest absolute Gasteiger partial charge is 0.229 e. The lowest BCUT2D eigenvalue weighted by Crippen LogP contribution is -2.60. The Morgan fingerprint density at radius 3 is 2.34 bits per heavy atom. The molecular weight excluding hydrogens is 504 g/mol. The molecule has 38 heavy (non-hydrogen) atoms. The first-order valence-corrected chi connectivity index (χ1v) is 11.8. The topological polar surface area (TPSA) is 207 Å². The maximum absolute atomic E-state index is 13.2. The molecule has 8 N–H and O–H groups in total. The molecule has 2 aliphatic heterocycles. The number of carbonyl (C=O) groups excluding carboxylic acids is 1. The maximum atomic E-state index is 13.2. The first-order chi connectivity index (χ1) is 17.9. The summed E-state index contributed by atoms with van der Waals surface area (Å²) in [6.07, 6.45) is -9.16. The molecule has 0 spiro atoms. The molecule has 4 rings (SSSR count). The van der Waals surface area contributed by atoms with E-state index in [9.17, 15) is 45.6 Å². The average molecular weight is 535 g/mol. The van der Waals surface area contributed by atoms with Crippen molar-refractivity contribution in [2.75, 3.05) is 6.61 Å². The van der Waals surface area contributed by atoms with Crippen molar-refractivity contribution in [3.05, 3.63) is 52.6 Å². The van der Waals surface area contributed by atoms with Crippen molar-refractivity contribution >= 4 is 5.78 Å². The number of aliphatic hydroxyl groups is 5. The number of hydrogen-bond donors (Lipinski definition) is 8. The molecule has 206 valence electrons. The van der Waals surface area contributed by atoms with E-state index in [0.29, 0.717) is 0 Å². The van der Waals surface area contributed by atoms with Gasteiger partial charge in [0.05, 0.1) is 6.61 Å². The van der Waals surface area contributed by atoms with Gasteiger partial charge in [0.15, 0.2) is 23.7 Å². The van der Waals surface area contributed by atoms with Crippen LogP contribution in [0.4, 0.5) is 0 Å². The monoisotopic (exact) mass is 534 g/mol. The minimum atomic E-state index is -1.76. The third kappa shape index (κ3) is 5.01. The second-order valence-corrected chi connectivity index (χ2v) is 9.47. The summed E-state index contributed by atoms with van der Waals surface area (Å²) in [5.41, 5.74) is 0.814. The van der Waals surface area contributed by atoms with Crippen LogP contribution in [0.1, 0.15) is 41.4 Å². The Morgan fingerprint density at radius 2 is 1.71 bits per heavy atom. The lowest BCUT2D eigenvalue weighted by Gasteiger charge is -2.40. The van der Waals surface area contributed by atoms with E-state index in [1.807, 2.05) is 13.8 Å². The molecule has 0 amide bonds. The summed E-state index contributed by atoms with van der Waals surface area (Å²) in [5, 5.41) is 81.4. The summed E-state index contributed by atoms with van der Waals surface area (Å²) in [5.74, 6) is -2.60. The van der Waals surface area contributed by atoms with Crippen LogP contribution >= 0.6 is 0 Å². The lowest BCUT2D eigenvalue weighted by molar-refractivity contribution is -0.277. The highest BCUT2D eigenvalue weighted by Crippen LogP contribution is 2.46. The summed E-state index contributed by atoms with van der Waals surface area (Å²) >= 11 is 0. The summed E-state index contributed by atoms with van der Waals surface area (Å²) in [4.78, 5) is 13.2. The fourth-order valence-corrected chi connectivity index (χ4v) is 4.35. The van der Waals surface area contributed by atoms with E-state index in [4.69, 9.17) is 14.2 Å². The standard InChI is InChI=1S/C26H30O12/c1-10(2)3-5-12-15(37-26-24(35)22(33)20(31)17(9-27)38-26)8-16-18(19(12)30)21(32)23(34)25(36-16)11-4-6-13(28)14(29)7-11/h3-4,6-8,17,20,22-31,33-35H,5,9H2,1-2H3/t17-,20-,22+,23+,24-,25-,26-/m1/s1. The molecule has 0 aromatic heterocycles. The lowest BCUT2D eigenvalue weighted by atomic mass is 9.90. The van der Waals surface area contributed by atoms with E-state index in [1.165, 1.54) is 12.1 Å². The third-order valence-electron chi connectivity index (χ3n) is 6.52. The van der Waals surface area contributed by atoms with Crippen molar-refractivity contribution in [3.63, 3.8) is 0 Å². The molecule has 0 saturated carbocycles. The first-order valence-electron chi connectivity index (χ1n) is 11.8. The van der Waals surface area contributed by atoms with Gasteiger partial charge in [-0.05, 0) is 38.0 Å². The number of fused-ring (bicyclic) bond motifs is 1. The van der Waals surface area contributed by atoms with Gasteiger partial charge < -0.3 is 55.1 Å². The molecule has 1 saturated heterocycles. The number of allylic oxidation sites excluding steroid dienone is 2. The second kappa shape index (κ2) is 10.8. The van der Waals surface area contributed by atoms with Crippen molar-refractivity contribution < 1.29 is 59.9 Å². The fraction of sp³-hybridized carbons (Fsp3) is 0.423. The van der Waals surface area contributed by atoms with Crippen molar-refractivity contribution in [1.82, 2.24) is 0 Å².